The van der Waals surface area contributed by atoms with Crippen molar-refractivity contribution in [1.29, 1.82) is 0 Å². The first kappa shape index (κ1) is 10.0. The SMILES string of the molecule is CCC1C(=O)OCC1(C)OC(C)=O. The summed E-state index contributed by atoms with van der Waals surface area (Å²) in [5.41, 5.74) is -0.766. The van der Waals surface area contributed by atoms with Crippen LogP contribution in [0.1, 0.15) is 27.2 Å². The summed E-state index contributed by atoms with van der Waals surface area (Å²) in [6.45, 7) is 5.11. The lowest BCUT2D eigenvalue weighted by Crippen LogP contribution is -2.39. The van der Waals surface area contributed by atoms with Crippen molar-refractivity contribution < 1.29 is 19.1 Å². The minimum absolute atomic E-state index is 0.171. The van der Waals surface area contributed by atoms with E-state index >= 15 is 0 Å². The average molecular weight is 186 g/mol. The van der Waals surface area contributed by atoms with Gasteiger partial charge in [-0.25, -0.2) is 0 Å². The van der Waals surface area contributed by atoms with Gasteiger partial charge in [0.2, 0.25) is 0 Å². The summed E-state index contributed by atoms with van der Waals surface area (Å²) in [5, 5.41) is 0. The van der Waals surface area contributed by atoms with Gasteiger partial charge in [0, 0.05) is 6.92 Å². The summed E-state index contributed by atoms with van der Waals surface area (Å²) in [7, 11) is 0. The van der Waals surface area contributed by atoms with Crippen LogP contribution in [-0.2, 0) is 19.1 Å². The fourth-order valence-corrected chi connectivity index (χ4v) is 1.69. The molecule has 0 aromatic rings. The van der Waals surface area contributed by atoms with Crippen LogP contribution in [0.15, 0.2) is 0 Å². The van der Waals surface area contributed by atoms with Crippen molar-refractivity contribution in [3.05, 3.63) is 0 Å². The molecule has 0 bridgehead atoms. The van der Waals surface area contributed by atoms with Crippen LogP contribution >= 0.6 is 0 Å². The molecule has 0 amide bonds. The molecule has 1 fully saturated rings. The Morgan fingerprint density at radius 2 is 2.38 bits per heavy atom. The smallest absolute Gasteiger partial charge is 0.313 e. The van der Waals surface area contributed by atoms with Gasteiger partial charge in [0.15, 0.2) is 5.60 Å². The maximum atomic E-state index is 11.2. The van der Waals surface area contributed by atoms with Crippen molar-refractivity contribution in [1.82, 2.24) is 0 Å². The molecule has 1 aliphatic rings. The molecule has 2 unspecified atom stereocenters. The molecule has 1 aliphatic heterocycles. The number of cyclic esters (lactones) is 1. The highest BCUT2D eigenvalue weighted by Gasteiger charge is 2.48. The molecule has 0 saturated carbocycles. The van der Waals surface area contributed by atoms with Crippen molar-refractivity contribution in [3.8, 4) is 0 Å². The monoisotopic (exact) mass is 186 g/mol. The largest absolute Gasteiger partial charge is 0.461 e. The molecule has 1 saturated heterocycles. The molecular formula is C9H14O4. The Labute approximate surface area is 77.2 Å². The predicted octanol–water partition coefficient (Wildman–Crippen LogP) is 0.891. The first-order chi connectivity index (χ1) is 5.99. The number of carbonyl (C=O) groups excluding carboxylic acids is 2. The molecule has 13 heavy (non-hydrogen) atoms. The molecule has 2 atom stereocenters. The Hall–Kier alpha value is -1.06. The summed E-state index contributed by atoms with van der Waals surface area (Å²) >= 11 is 0. The maximum Gasteiger partial charge on any atom is 0.313 e. The number of hydrogen-bond acceptors (Lipinski definition) is 4. The van der Waals surface area contributed by atoms with Crippen molar-refractivity contribution in [2.45, 2.75) is 32.8 Å². The third-order valence-electron chi connectivity index (χ3n) is 2.31. The second-order valence-corrected chi connectivity index (χ2v) is 3.47. The third kappa shape index (κ3) is 1.82. The number of esters is 2. The molecule has 4 nitrogen and oxygen atoms in total. The summed E-state index contributed by atoms with van der Waals surface area (Å²) in [6.07, 6.45) is 0.628. The normalized spacial score (nSPS) is 32.8. The quantitative estimate of drug-likeness (QED) is 0.601. The Morgan fingerprint density at radius 3 is 2.85 bits per heavy atom. The van der Waals surface area contributed by atoms with Crippen molar-refractivity contribution in [2.24, 2.45) is 5.92 Å². The van der Waals surface area contributed by atoms with Crippen LogP contribution in [0, 0.1) is 5.92 Å². The first-order valence-electron chi connectivity index (χ1n) is 4.36. The molecule has 0 aromatic heterocycles. The number of ether oxygens (including phenoxy) is 2. The van der Waals surface area contributed by atoms with E-state index in [1.54, 1.807) is 6.92 Å². The third-order valence-corrected chi connectivity index (χ3v) is 2.31. The van der Waals surface area contributed by atoms with Crippen molar-refractivity contribution >= 4 is 11.9 Å². The lowest BCUT2D eigenvalue weighted by atomic mass is 9.90. The van der Waals surface area contributed by atoms with Crippen LogP contribution in [0.4, 0.5) is 0 Å². The van der Waals surface area contributed by atoms with Gasteiger partial charge >= 0.3 is 11.9 Å². The lowest BCUT2D eigenvalue weighted by molar-refractivity contribution is -0.158. The molecule has 0 spiro atoms. The topological polar surface area (TPSA) is 52.6 Å². The summed E-state index contributed by atoms with van der Waals surface area (Å²) in [5.74, 6) is -0.970. The van der Waals surface area contributed by atoms with E-state index in [2.05, 4.69) is 0 Å². The van der Waals surface area contributed by atoms with E-state index in [4.69, 9.17) is 9.47 Å². The molecular weight excluding hydrogens is 172 g/mol. The minimum atomic E-state index is -0.766. The zero-order valence-corrected chi connectivity index (χ0v) is 8.12. The average Bonchev–Trinajstić information content (AvgIpc) is 2.25. The first-order valence-corrected chi connectivity index (χ1v) is 4.36. The molecule has 4 heteroatoms. The van der Waals surface area contributed by atoms with Gasteiger partial charge in [-0.2, -0.15) is 0 Å². The molecule has 74 valence electrons. The van der Waals surface area contributed by atoms with E-state index in [0.717, 1.165) is 0 Å². The zero-order valence-electron chi connectivity index (χ0n) is 8.12. The van der Waals surface area contributed by atoms with E-state index in [1.807, 2.05) is 6.92 Å². The second-order valence-electron chi connectivity index (χ2n) is 3.47. The van der Waals surface area contributed by atoms with Crippen LogP contribution < -0.4 is 0 Å². The van der Waals surface area contributed by atoms with Crippen LogP contribution in [0.2, 0.25) is 0 Å². The van der Waals surface area contributed by atoms with E-state index in [9.17, 15) is 9.59 Å². The number of hydrogen-bond donors (Lipinski definition) is 0. The van der Waals surface area contributed by atoms with E-state index in [1.165, 1.54) is 6.92 Å². The lowest BCUT2D eigenvalue weighted by Gasteiger charge is -2.25. The fourth-order valence-electron chi connectivity index (χ4n) is 1.69. The minimum Gasteiger partial charge on any atom is -0.461 e. The van der Waals surface area contributed by atoms with Crippen molar-refractivity contribution in [3.63, 3.8) is 0 Å². The van der Waals surface area contributed by atoms with E-state index < -0.39 is 5.60 Å². The highest BCUT2D eigenvalue weighted by atomic mass is 16.6. The van der Waals surface area contributed by atoms with Gasteiger partial charge in [0.05, 0.1) is 5.92 Å². The van der Waals surface area contributed by atoms with Crippen LogP contribution in [0.25, 0.3) is 0 Å². The number of carbonyl (C=O) groups is 2. The number of rotatable bonds is 2. The van der Waals surface area contributed by atoms with Crippen LogP contribution in [-0.4, -0.2) is 24.1 Å². The Morgan fingerprint density at radius 1 is 1.77 bits per heavy atom. The van der Waals surface area contributed by atoms with Crippen LogP contribution in [0.3, 0.4) is 0 Å². The standard InChI is InChI=1S/C9H14O4/c1-4-7-8(11)12-5-9(7,3)13-6(2)10/h7H,4-5H2,1-3H3. The predicted molar refractivity (Wildman–Crippen MR) is 44.9 cm³/mol. The summed E-state index contributed by atoms with van der Waals surface area (Å²) in [4.78, 5) is 22.0. The summed E-state index contributed by atoms with van der Waals surface area (Å²) < 4.78 is 9.94. The molecule has 1 heterocycles. The fraction of sp³-hybridized carbons (Fsp3) is 0.778. The maximum absolute atomic E-state index is 11.2. The van der Waals surface area contributed by atoms with Crippen molar-refractivity contribution in [2.75, 3.05) is 6.61 Å². The second kappa shape index (κ2) is 3.36. The molecule has 0 radical (unpaired) electrons. The van der Waals surface area contributed by atoms with Gasteiger partial charge in [-0.1, -0.05) is 6.92 Å². The van der Waals surface area contributed by atoms with Gasteiger partial charge in [-0.3, -0.25) is 9.59 Å². The Balaban J connectivity index is 2.77. The van der Waals surface area contributed by atoms with Gasteiger partial charge < -0.3 is 9.47 Å². The van der Waals surface area contributed by atoms with Gasteiger partial charge in [-0.05, 0) is 13.3 Å². The van der Waals surface area contributed by atoms with E-state index in [-0.39, 0.29) is 24.5 Å². The molecule has 1 rings (SSSR count). The van der Waals surface area contributed by atoms with Gasteiger partial charge in [0.25, 0.3) is 0 Å². The molecule has 0 aliphatic carbocycles. The molecule has 0 N–H and O–H groups in total. The Bertz CT molecular complexity index is 236. The highest BCUT2D eigenvalue weighted by Crippen LogP contribution is 2.32. The van der Waals surface area contributed by atoms with E-state index in [0.29, 0.717) is 6.42 Å². The Kier molecular flexibility index (Phi) is 2.59. The van der Waals surface area contributed by atoms with Gasteiger partial charge in [0.1, 0.15) is 6.61 Å². The van der Waals surface area contributed by atoms with Crippen LogP contribution in [0.5, 0.6) is 0 Å². The van der Waals surface area contributed by atoms with Gasteiger partial charge in [-0.15, -0.1) is 0 Å². The highest BCUT2D eigenvalue weighted by molar-refractivity contribution is 5.77. The summed E-state index contributed by atoms with van der Waals surface area (Å²) in [6, 6.07) is 0. The molecule has 0 aromatic carbocycles. The zero-order chi connectivity index (χ0) is 10.1.